The van der Waals surface area contributed by atoms with Crippen molar-refractivity contribution in [2.24, 2.45) is 7.05 Å². The Labute approximate surface area is 167 Å². The van der Waals surface area contributed by atoms with Gasteiger partial charge in [0.05, 0.1) is 17.9 Å². The van der Waals surface area contributed by atoms with Crippen LogP contribution in [0.3, 0.4) is 0 Å². The van der Waals surface area contributed by atoms with Crippen LogP contribution in [-0.2, 0) is 7.05 Å². The van der Waals surface area contributed by atoms with Crippen molar-refractivity contribution >= 4 is 5.52 Å². The Hall–Kier alpha value is -4.24. The third-order valence-electron chi connectivity index (χ3n) is 4.96. The van der Waals surface area contributed by atoms with Crippen LogP contribution in [0.15, 0.2) is 79.5 Å². The molecule has 0 fully saturated rings. The Morgan fingerprint density at radius 2 is 1.69 bits per heavy atom. The van der Waals surface area contributed by atoms with Crippen molar-refractivity contribution in [3.63, 3.8) is 0 Å². The fourth-order valence-electron chi connectivity index (χ4n) is 3.56. The van der Waals surface area contributed by atoms with E-state index in [0.717, 1.165) is 38.9 Å². The summed E-state index contributed by atoms with van der Waals surface area (Å²) in [6, 6.07) is 18.2. The van der Waals surface area contributed by atoms with Gasteiger partial charge in [-0.2, -0.15) is 15.5 Å². The molecular weight excluding hydrogens is 360 g/mol. The van der Waals surface area contributed by atoms with E-state index >= 15 is 0 Å². The van der Waals surface area contributed by atoms with E-state index in [-0.39, 0.29) is 0 Å². The number of aromatic nitrogens is 5. The van der Waals surface area contributed by atoms with Crippen LogP contribution in [0.2, 0.25) is 0 Å². The normalized spacial score (nSPS) is 10.9. The quantitative estimate of drug-likeness (QED) is 0.470. The molecule has 5 aromatic rings. The molecule has 0 saturated carbocycles. The van der Waals surface area contributed by atoms with Crippen LogP contribution in [0.5, 0.6) is 0 Å². The second-order valence-corrected chi connectivity index (χ2v) is 6.79. The zero-order valence-electron chi connectivity index (χ0n) is 15.7. The number of nitrogens with zero attached hydrogens (tertiary/aromatic N) is 6. The number of benzene rings is 1. The molecular formula is C23H16N6. The van der Waals surface area contributed by atoms with Crippen molar-refractivity contribution in [3.05, 3.63) is 85.2 Å². The summed E-state index contributed by atoms with van der Waals surface area (Å²) >= 11 is 0. The molecule has 0 aliphatic heterocycles. The maximum absolute atomic E-state index is 9.20. The third-order valence-corrected chi connectivity index (χ3v) is 4.96. The number of hydrogen-bond donors (Lipinski definition) is 0. The number of aryl methyl sites for hydroxylation is 1. The lowest BCUT2D eigenvalue weighted by Gasteiger charge is -2.08. The summed E-state index contributed by atoms with van der Waals surface area (Å²) in [6.45, 7) is 0. The van der Waals surface area contributed by atoms with Crippen molar-refractivity contribution in [1.29, 1.82) is 5.26 Å². The van der Waals surface area contributed by atoms with E-state index in [1.165, 1.54) is 0 Å². The van der Waals surface area contributed by atoms with E-state index in [1.54, 1.807) is 16.9 Å². The molecule has 5 rings (SSSR count). The molecule has 29 heavy (non-hydrogen) atoms. The molecule has 1 aromatic carbocycles. The SMILES string of the molecule is Cn1cc(-c2ccc(-c3cnn4cccc(-c5ccnc(C#N)c5)c34)cc2)cn1. The lowest BCUT2D eigenvalue weighted by Crippen LogP contribution is -1.91. The van der Waals surface area contributed by atoms with Gasteiger partial charge < -0.3 is 0 Å². The first kappa shape index (κ1) is 16.9. The van der Waals surface area contributed by atoms with Gasteiger partial charge in [0, 0.05) is 42.3 Å². The van der Waals surface area contributed by atoms with Crippen molar-refractivity contribution in [1.82, 2.24) is 24.4 Å². The van der Waals surface area contributed by atoms with Crippen LogP contribution < -0.4 is 0 Å². The molecule has 4 heterocycles. The van der Waals surface area contributed by atoms with Crippen LogP contribution >= 0.6 is 0 Å². The van der Waals surface area contributed by atoms with Gasteiger partial charge in [0.25, 0.3) is 0 Å². The molecule has 6 heteroatoms. The molecule has 0 unspecified atom stereocenters. The Bertz CT molecular complexity index is 1370. The average Bonchev–Trinajstić information content (AvgIpc) is 3.40. The summed E-state index contributed by atoms with van der Waals surface area (Å²) in [7, 11) is 1.91. The van der Waals surface area contributed by atoms with Gasteiger partial charge in [-0.25, -0.2) is 9.50 Å². The second-order valence-electron chi connectivity index (χ2n) is 6.79. The first-order valence-electron chi connectivity index (χ1n) is 9.15. The average molecular weight is 376 g/mol. The number of pyridine rings is 2. The molecule has 0 radical (unpaired) electrons. The second kappa shape index (κ2) is 6.73. The molecule has 0 bridgehead atoms. The Kier molecular flexibility index (Phi) is 3.92. The van der Waals surface area contributed by atoms with Crippen LogP contribution in [0.4, 0.5) is 0 Å². The highest BCUT2D eigenvalue weighted by atomic mass is 15.2. The standard InChI is InChI=1S/C23H16N6/c1-28-15-19(13-26-28)16-4-6-17(7-5-16)22-14-27-29-10-2-3-21(23(22)29)18-8-9-25-20(11-18)12-24/h2-11,13-15H,1H3. The van der Waals surface area contributed by atoms with Crippen molar-refractivity contribution in [2.45, 2.75) is 0 Å². The first-order valence-corrected chi connectivity index (χ1v) is 9.15. The van der Waals surface area contributed by atoms with Gasteiger partial charge in [0.1, 0.15) is 11.8 Å². The van der Waals surface area contributed by atoms with Crippen molar-refractivity contribution in [3.8, 4) is 39.4 Å². The summed E-state index contributed by atoms with van der Waals surface area (Å²) in [5.74, 6) is 0. The van der Waals surface area contributed by atoms with E-state index in [0.29, 0.717) is 5.69 Å². The van der Waals surface area contributed by atoms with Crippen molar-refractivity contribution < 1.29 is 0 Å². The number of rotatable bonds is 3. The monoisotopic (exact) mass is 376 g/mol. The zero-order chi connectivity index (χ0) is 19.8. The number of fused-ring (bicyclic) bond motifs is 1. The predicted octanol–water partition coefficient (Wildman–Crippen LogP) is 4.34. The highest BCUT2D eigenvalue weighted by molar-refractivity contribution is 5.93. The van der Waals surface area contributed by atoms with Gasteiger partial charge in [0.15, 0.2) is 0 Å². The molecule has 138 valence electrons. The van der Waals surface area contributed by atoms with E-state index in [1.807, 2.05) is 54.5 Å². The van der Waals surface area contributed by atoms with Gasteiger partial charge in [-0.1, -0.05) is 30.3 Å². The predicted molar refractivity (Wildman–Crippen MR) is 111 cm³/mol. The maximum Gasteiger partial charge on any atom is 0.141 e. The molecule has 0 aliphatic rings. The number of nitriles is 1. The summed E-state index contributed by atoms with van der Waals surface area (Å²) in [4.78, 5) is 4.08. The Morgan fingerprint density at radius 3 is 2.45 bits per heavy atom. The van der Waals surface area contributed by atoms with Gasteiger partial charge >= 0.3 is 0 Å². The molecule has 0 N–H and O–H groups in total. The minimum absolute atomic E-state index is 0.395. The molecule has 0 spiro atoms. The summed E-state index contributed by atoms with van der Waals surface area (Å²) in [5.41, 5.74) is 7.66. The third kappa shape index (κ3) is 2.95. The molecule has 0 atom stereocenters. The summed E-state index contributed by atoms with van der Waals surface area (Å²) < 4.78 is 3.66. The largest absolute Gasteiger partial charge is 0.275 e. The fourth-order valence-corrected chi connectivity index (χ4v) is 3.56. The minimum atomic E-state index is 0.395. The highest BCUT2D eigenvalue weighted by Gasteiger charge is 2.13. The van der Waals surface area contributed by atoms with Gasteiger partial charge in [-0.15, -0.1) is 0 Å². The van der Waals surface area contributed by atoms with E-state index < -0.39 is 0 Å². The van der Waals surface area contributed by atoms with Crippen LogP contribution in [0.1, 0.15) is 5.69 Å². The minimum Gasteiger partial charge on any atom is -0.275 e. The van der Waals surface area contributed by atoms with E-state index in [2.05, 4.69) is 45.5 Å². The molecule has 0 amide bonds. The Balaban J connectivity index is 1.63. The zero-order valence-corrected chi connectivity index (χ0v) is 15.7. The van der Waals surface area contributed by atoms with Crippen LogP contribution in [0.25, 0.3) is 38.9 Å². The maximum atomic E-state index is 9.20. The molecule has 4 aromatic heterocycles. The lowest BCUT2D eigenvalue weighted by molar-refractivity contribution is 0.768. The Morgan fingerprint density at radius 1 is 0.862 bits per heavy atom. The first-order chi connectivity index (χ1) is 14.2. The highest BCUT2D eigenvalue weighted by Crippen LogP contribution is 2.33. The number of hydrogen-bond acceptors (Lipinski definition) is 4. The van der Waals surface area contributed by atoms with Crippen LogP contribution in [0, 0.1) is 11.3 Å². The van der Waals surface area contributed by atoms with E-state index in [9.17, 15) is 5.26 Å². The smallest absolute Gasteiger partial charge is 0.141 e. The van der Waals surface area contributed by atoms with E-state index in [4.69, 9.17) is 0 Å². The molecule has 0 aliphatic carbocycles. The summed E-state index contributed by atoms with van der Waals surface area (Å²) in [6.07, 6.45) is 9.33. The van der Waals surface area contributed by atoms with Crippen LogP contribution in [-0.4, -0.2) is 24.4 Å². The van der Waals surface area contributed by atoms with Gasteiger partial charge in [-0.3, -0.25) is 4.68 Å². The molecule has 6 nitrogen and oxygen atoms in total. The molecule has 0 saturated heterocycles. The van der Waals surface area contributed by atoms with Gasteiger partial charge in [0.2, 0.25) is 0 Å². The fraction of sp³-hybridized carbons (Fsp3) is 0.0435. The topological polar surface area (TPSA) is 71.8 Å². The summed E-state index contributed by atoms with van der Waals surface area (Å²) in [5, 5.41) is 18.0. The lowest BCUT2D eigenvalue weighted by atomic mass is 9.99. The van der Waals surface area contributed by atoms with Crippen molar-refractivity contribution in [2.75, 3.05) is 0 Å². The van der Waals surface area contributed by atoms with Gasteiger partial charge in [-0.05, 0) is 34.9 Å².